The molecule has 1 saturated heterocycles. The lowest BCUT2D eigenvalue weighted by Gasteiger charge is -2.33. The van der Waals surface area contributed by atoms with E-state index in [9.17, 15) is 13.2 Å². The Morgan fingerprint density at radius 1 is 1.47 bits per heavy atom. The molecule has 1 aliphatic heterocycles. The second-order valence-corrected chi connectivity index (χ2v) is 6.03. The lowest BCUT2D eigenvalue weighted by molar-refractivity contribution is 0.259. The highest BCUT2D eigenvalue weighted by molar-refractivity contribution is 7.90. The molecule has 0 bridgehead atoms. The first-order valence-electron chi connectivity index (χ1n) is 6.08. The molecule has 0 amide bonds. The van der Waals surface area contributed by atoms with Gasteiger partial charge in [0.05, 0.1) is 0 Å². The Kier molecular flexibility index (Phi) is 4.17. The molecule has 1 aromatic rings. The summed E-state index contributed by atoms with van der Waals surface area (Å²) in [6, 6.07) is 2.34. The molecule has 1 unspecified atom stereocenters. The van der Waals surface area contributed by atoms with Crippen LogP contribution in [0, 0.1) is 0 Å². The van der Waals surface area contributed by atoms with Crippen LogP contribution in [0.5, 0.6) is 0 Å². The van der Waals surface area contributed by atoms with Gasteiger partial charge < -0.3 is 5.73 Å². The number of anilines is 1. The van der Waals surface area contributed by atoms with Gasteiger partial charge in [-0.1, -0.05) is 6.42 Å². The van der Waals surface area contributed by atoms with Crippen LogP contribution >= 0.6 is 0 Å². The van der Waals surface area contributed by atoms with Crippen LogP contribution < -0.4 is 16.0 Å². The maximum atomic E-state index is 12.2. The molecule has 1 aromatic heterocycles. The highest BCUT2D eigenvalue weighted by atomic mass is 32.2. The predicted molar refractivity (Wildman–Crippen MR) is 70.8 cm³/mol. The quantitative estimate of drug-likeness (QED) is 0.672. The third-order valence-corrected chi connectivity index (χ3v) is 4.63. The second kappa shape index (κ2) is 5.68. The zero-order valence-corrected chi connectivity index (χ0v) is 11.2. The highest BCUT2D eigenvalue weighted by Crippen LogP contribution is 2.20. The Morgan fingerprint density at radius 2 is 2.26 bits per heavy atom. The zero-order valence-electron chi connectivity index (χ0n) is 10.4. The van der Waals surface area contributed by atoms with Crippen molar-refractivity contribution in [3.05, 3.63) is 22.5 Å². The summed E-state index contributed by atoms with van der Waals surface area (Å²) in [6.45, 7) is 0.737. The van der Waals surface area contributed by atoms with E-state index >= 15 is 0 Å². The number of rotatable bonds is 4. The molecule has 1 fully saturated rings. The minimum atomic E-state index is -3.69. The number of nitrogens with one attached hydrogen (secondary N) is 2. The average molecular weight is 287 g/mol. The number of piperidine rings is 1. The van der Waals surface area contributed by atoms with Crippen molar-refractivity contribution in [2.75, 3.05) is 17.8 Å². The van der Waals surface area contributed by atoms with Gasteiger partial charge in [0.2, 0.25) is 0 Å². The first kappa shape index (κ1) is 14.0. The van der Waals surface area contributed by atoms with E-state index in [1.165, 1.54) is 16.4 Å². The van der Waals surface area contributed by atoms with Crippen molar-refractivity contribution < 1.29 is 8.42 Å². The Labute approximate surface area is 111 Å². The van der Waals surface area contributed by atoms with Crippen LogP contribution in [0.4, 0.5) is 5.82 Å². The van der Waals surface area contributed by atoms with Crippen molar-refractivity contribution in [1.29, 1.82) is 0 Å². The van der Waals surface area contributed by atoms with Gasteiger partial charge >= 0.3 is 10.2 Å². The third kappa shape index (κ3) is 3.31. The fourth-order valence-electron chi connectivity index (χ4n) is 2.12. The summed E-state index contributed by atoms with van der Waals surface area (Å²) in [5, 5.41) is 5.80. The van der Waals surface area contributed by atoms with Gasteiger partial charge in [0, 0.05) is 25.2 Å². The monoisotopic (exact) mass is 287 g/mol. The lowest BCUT2D eigenvalue weighted by atomic mass is 10.1. The first-order chi connectivity index (χ1) is 9.03. The number of aromatic amines is 1. The van der Waals surface area contributed by atoms with Gasteiger partial charge in [-0.2, -0.15) is 17.8 Å². The Bertz CT molecular complexity index is 565. The van der Waals surface area contributed by atoms with E-state index in [-0.39, 0.29) is 17.4 Å². The molecular formula is C10H17N5O3S. The van der Waals surface area contributed by atoms with E-state index in [1.807, 2.05) is 0 Å². The summed E-state index contributed by atoms with van der Waals surface area (Å²) in [7, 11) is -3.69. The number of H-pyrrole nitrogens is 1. The van der Waals surface area contributed by atoms with Crippen LogP contribution in [0.2, 0.25) is 0 Å². The van der Waals surface area contributed by atoms with Gasteiger partial charge in [-0.25, -0.2) is 5.10 Å². The summed E-state index contributed by atoms with van der Waals surface area (Å²) in [5.41, 5.74) is 5.22. The van der Waals surface area contributed by atoms with Crippen LogP contribution in [0.1, 0.15) is 19.3 Å². The molecule has 0 saturated carbocycles. The smallest absolute Gasteiger partial charge is 0.303 e. The standard InChI is InChI=1S/C10H17N5O3S/c11-7-8-3-1-2-6-15(8)19(17,18)14-9-4-5-10(16)13-12-9/h4-5,8H,1-3,6-7,11H2,(H,12,14)(H,13,16). The molecule has 2 heterocycles. The van der Waals surface area contributed by atoms with Gasteiger partial charge in [-0.3, -0.25) is 9.52 Å². The number of hydrogen-bond acceptors (Lipinski definition) is 5. The molecule has 19 heavy (non-hydrogen) atoms. The van der Waals surface area contributed by atoms with Crippen molar-refractivity contribution >= 4 is 16.0 Å². The van der Waals surface area contributed by atoms with Gasteiger partial charge in [0.15, 0.2) is 5.82 Å². The van der Waals surface area contributed by atoms with Crippen LogP contribution in [0.3, 0.4) is 0 Å². The molecule has 9 heteroatoms. The van der Waals surface area contributed by atoms with Gasteiger partial charge in [-0.15, -0.1) is 0 Å². The van der Waals surface area contributed by atoms with E-state index in [0.717, 1.165) is 19.3 Å². The molecular weight excluding hydrogens is 270 g/mol. The van der Waals surface area contributed by atoms with Crippen molar-refractivity contribution in [2.45, 2.75) is 25.3 Å². The Hall–Kier alpha value is -1.45. The van der Waals surface area contributed by atoms with Crippen LogP contribution in [0.15, 0.2) is 16.9 Å². The number of hydrogen-bond donors (Lipinski definition) is 3. The molecule has 106 valence electrons. The molecule has 4 N–H and O–H groups in total. The minimum Gasteiger partial charge on any atom is -0.329 e. The number of nitrogens with two attached hydrogens (primary N) is 1. The van der Waals surface area contributed by atoms with Gasteiger partial charge in [0.1, 0.15) is 0 Å². The summed E-state index contributed by atoms with van der Waals surface area (Å²) in [6.07, 6.45) is 2.55. The van der Waals surface area contributed by atoms with E-state index in [2.05, 4.69) is 14.9 Å². The van der Waals surface area contributed by atoms with Crippen molar-refractivity contribution in [3.8, 4) is 0 Å². The Morgan fingerprint density at radius 3 is 2.89 bits per heavy atom. The van der Waals surface area contributed by atoms with E-state index < -0.39 is 10.2 Å². The van der Waals surface area contributed by atoms with Crippen LogP contribution in [-0.2, 0) is 10.2 Å². The number of aromatic nitrogens is 2. The fraction of sp³-hybridized carbons (Fsp3) is 0.600. The maximum Gasteiger partial charge on any atom is 0.303 e. The van der Waals surface area contributed by atoms with Crippen molar-refractivity contribution in [1.82, 2.24) is 14.5 Å². The van der Waals surface area contributed by atoms with Crippen LogP contribution in [0.25, 0.3) is 0 Å². The predicted octanol–water partition coefficient (Wildman–Crippen LogP) is -0.760. The maximum absolute atomic E-state index is 12.2. The largest absolute Gasteiger partial charge is 0.329 e. The topological polar surface area (TPSA) is 121 Å². The fourth-order valence-corrected chi connectivity index (χ4v) is 3.57. The normalized spacial score (nSPS) is 21.2. The number of nitrogens with zero attached hydrogens (tertiary/aromatic N) is 2. The summed E-state index contributed by atoms with van der Waals surface area (Å²) in [5.74, 6) is 0.0842. The first-order valence-corrected chi connectivity index (χ1v) is 7.52. The second-order valence-electron chi connectivity index (χ2n) is 4.41. The highest BCUT2D eigenvalue weighted by Gasteiger charge is 2.31. The van der Waals surface area contributed by atoms with Crippen LogP contribution in [-0.4, -0.2) is 42.1 Å². The SMILES string of the molecule is NCC1CCCCN1S(=O)(=O)Nc1ccc(=O)[nH]n1. The molecule has 1 atom stereocenters. The summed E-state index contributed by atoms with van der Waals surface area (Å²) >= 11 is 0. The molecule has 0 spiro atoms. The third-order valence-electron chi connectivity index (χ3n) is 3.07. The van der Waals surface area contributed by atoms with Crippen molar-refractivity contribution in [2.24, 2.45) is 5.73 Å². The molecule has 2 rings (SSSR count). The lowest BCUT2D eigenvalue weighted by Crippen LogP contribution is -2.49. The van der Waals surface area contributed by atoms with E-state index in [4.69, 9.17) is 5.73 Å². The summed E-state index contributed by atoms with van der Waals surface area (Å²) in [4.78, 5) is 10.9. The molecule has 1 aliphatic rings. The zero-order chi connectivity index (χ0) is 13.9. The Balaban J connectivity index is 2.17. The summed E-state index contributed by atoms with van der Waals surface area (Å²) < 4.78 is 28.2. The molecule has 8 nitrogen and oxygen atoms in total. The van der Waals surface area contributed by atoms with Gasteiger partial charge in [0.25, 0.3) is 5.56 Å². The molecule has 0 aromatic carbocycles. The van der Waals surface area contributed by atoms with E-state index in [1.54, 1.807) is 0 Å². The van der Waals surface area contributed by atoms with Gasteiger partial charge in [-0.05, 0) is 18.9 Å². The van der Waals surface area contributed by atoms with Crippen molar-refractivity contribution in [3.63, 3.8) is 0 Å². The van der Waals surface area contributed by atoms with E-state index in [0.29, 0.717) is 13.1 Å². The minimum absolute atomic E-state index is 0.0842. The average Bonchev–Trinajstić information content (AvgIpc) is 2.41. The molecule has 0 aliphatic carbocycles. The molecule has 0 radical (unpaired) electrons.